The second kappa shape index (κ2) is 6.84. The summed E-state index contributed by atoms with van der Waals surface area (Å²) in [6.45, 7) is 4.40. The number of nitrogens with zero attached hydrogens (tertiary/aromatic N) is 1. The molecule has 2 amide bonds. The van der Waals surface area contributed by atoms with E-state index >= 15 is 0 Å². The first-order valence-electron chi connectivity index (χ1n) is 6.52. The number of rotatable bonds is 4. The van der Waals surface area contributed by atoms with E-state index in [1.165, 1.54) is 0 Å². The first-order chi connectivity index (χ1) is 9.25. The summed E-state index contributed by atoms with van der Waals surface area (Å²) in [7, 11) is 0. The van der Waals surface area contributed by atoms with Gasteiger partial charge >= 0.3 is 6.03 Å². The molecule has 1 fully saturated rings. The first kappa shape index (κ1) is 13.5. The highest BCUT2D eigenvalue weighted by molar-refractivity contribution is 5.74. The molecule has 0 saturated carbocycles. The van der Waals surface area contributed by atoms with Gasteiger partial charge in [-0.25, -0.2) is 4.79 Å². The molecule has 1 saturated heterocycles. The third-order valence-electron chi connectivity index (χ3n) is 2.98. The largest absolute Gasteiger partial charge is 0.508 e. The number of amides is 2. The van der Waals surface area contributed by atoms with Gasteiger partial charge in [-0.3, -0.25) is 0 Å². The van der Waals surface area contributed by atoms with Gasteiger partial charge in [0.05, 0.1) is 0 Å². The van der Waals surface area contributed by atoms with Crippen molar-refractivity contribution in [1.29, 1.82) is 0 Å². The Morgan fingerprint density at radius 1 is 1.32 bits per heavy atom. The van der Waals surface area contributed by atoms with Gasteiger partial charge < -0.3 is 26.0 Å². The van der Waals surface area contributed by atoms with Crippen molar-refractivity contribution in [2.24, 2.45) is 0 Å². The Hall–Kier alpha value is -1.95. The summed E-state index contributed by atoms with van der Waals surface area (Å²) in [5.74, 6) is 0.231. The molecule has 0 spiro atoms. The predicted octanol–water partition coefficient (Wildman–Crippen LogP) is 0.419. The van der Waals surface area contributed by atoms with Crippen LogP contribution >= 0.6 is 0 Å². The fourth-order valence-electron chi connectivity index (χ4n) is 1.97. The zero-order valence-corrected chi connectivity index (χ0v) is 10.9. The van der Waals surface area contributed by atoms with Crippen LogP contribution in [0.5, 0.6) is 5.75 Å². The maximum absolute atomic E-state index is 11.8. The van der Waals surface area contributed by atoms with Crippen LogP contribution in [-0.2, 0) is 0 Å². The molecule has 1 aliphatic rings. The lowest BCUT2D eigenvalue weighted by Gasteiger charge is -2.27. The van der Waals surface area contributed by atoms with Gasteiger partial charge in [-0.15, -0.1) is 0 Å². The van der Waals surface area contributed by atoms with Crippen LogP contribution < -0.4 is 16.0 Å². The molecule has 0 aliphatic carbocycles. The second-order valence-electron chi connectivity index (χ2n) is 4.45. The van der Waals surface area contributed by atoms with Crippen LogP contribution in [0.4, 0.5) is 10.5 Å². The van der Waals surface area contributed by atoms with Crippen molar-refractivity contribution >= 4 is 11.7 Å². The number of aromatic hydroxyl groups is 1. The lowest BCUT2D eigenvalue weighted by Crippen LogP contribution is -2.50. The number of benzene rings is 1. The molecule has 1 heterocycles. The number of phenols is 1. The Bertz CT molecular complexity index is 419. The molecule has 4 N–H and O–H groups in total. The number of anilines is 1. The molecule has 19 heavy (non-hydrogen) atoms. The van der Waals surface area contributed by atoms with Gasteiger partial charge in [-0.1, -0.05) is 6.07 Å². The van der Waals surface area contributed by atoms with E-state index in [2.05, 4.69) is 16.0 Å². The Morgan fingerprint density at radius 3 is 2.84 bits per heavy atom. The van der Waals surface area contributed by atoms with Crippen molar-refractivity contribution in [3.63, 3.8) is 0 Å². The number of urea groups is 1. The number of phenolic OH excluding ortho intramolecular Hbond substituents is 1. The van der Waals surface area contributed by atoms with Gasteiger partial charge in [0.15, 0.2) is 0 Å². The summed E-state index contributed by atoms with van der Waals surface area (Å²) < 4.78 is 0. The van der Waals surface area contributed by atoms with Crippen LogP contribution in [0, 0.1) is 0 Å². The van der Waals surface area contributed by atoms with Gasteiger partial charge in [-0.05, 0) is 12.1 Å². The van der Waals surface area contributed by atoms with Crippen LogP contribution in [0.3, 0.4) is 0 Å². The fraction of sp³-hybridized carbons (Fsp3) is 0.462. The Kier molecular flexibility index (Phi) is 4.85. The molecule has 1 aromatic carbocycles. The van der Waals surface area contributed by atoms with E-state index in [0.29, 0.717) is 13.1 Å². The number of hydrogen-bond donors (Lipinski definition) is 4. The Labute approximate surface area is 112 Å². The highest BCUT2D eigenvalue weighted by Gasteiger charge is 2.14. The Balaban J connectivity index is 1.65. The van der Waals surface area contributed by atoms with Gasteiger partial charge in [0.2, 0.25) is 0 Å². The summed E-state index contributed by atoms with van der Waals surface area (Å²) >= 11 is 0. The van der Waals surface area contributed by atoms with Crippen molar-refractivity contribution in [2.45, 2.75) is 0 Å². The Morgan fingerprint density at radius 2 is 2.11 bits per heavy atom. The maximum atomic E-state index is 11.8. The van der Waals surface area contributed by atoms with Crippen molar-refractivity contribution in [1.82, 2.24) is 15.5 Å². The molecule has 1 aliphatic heterocycles. The molecule has 0 atom stereocenters. The summed E-state index contributed by atoms with van der Waals surface area (Å²) in [6, 6.07) is 6.91. The summed E-state index contributed by atoms with van der Waals surface area (Å²) in [6.07, 6.45) is 0. The standard InChI is InChI=1S/C13H20N4O2/c18-12-3-1-2-11(10-12)15-4-5-16-13(19)17-8-6-14-7-9-17/h1-3,10,14-15,18H,4-9H2,(H,16,19). The molecule has 0 bridgehead atoms. The molecule has 104 valence electrons. The van der Waals surface area contributed by atoms with E-state index in [1.54, 1.807) is 18.2 Å². The summed E-state index contributed by atoms with van der Waals surface area (Å²) in [4.78, 5) is 13.6. The number of piperazine rings is 1. The van der Waals surface area contributed by atoms with E-state index in [4.69, 9.17) is 0 Å². The summed E-state index contributed by atoms with van der Waals surface area (Å²) in [5, 5.41) is 18.5. The minimum atomic E-state index is -0.0146. The van der Waals surface area contributed by atoms with Crippen LogP contribution in [0.15, 0.2) is 24.3 Å². The van der Waals surface area contributed by atoms with Crippen molar-refractivity contribution in [3.8, 4) is 5.75 Å². The highest BCUT2D eigenvalue weighted by Crippen LogP contribution is 2.14. The average molecular weight is 264 g/mol. The maximum Gasteiger partial charge on any atom is 0.317 e. The molecule has 0 radical (unpaired) electrons. The van der Waals surface area contributed by atoms with Gasteiger partial charge in [-0.2, -0.15) is 0 Å². The smallest absolute Gasteiger partial charge is 0.317 e. The van der Waals surface area contributed by atoms with E-state index < -0.39 is 0 Å². The molecular weight excluding hydrogens is 244 g/mol. The van der Waals surface area contributed by atoms with E-state index in [-0.39, 0.29) is 11.8 Å². The molecule has 6 nitrogen and oxygen atoms in total. The third kappa shape index (κ3) is 4.33. The number of carbonyl (C=O) groups excluding carboxylic acids is 1. The minimum Gasteiger partial charge on any atom is -0.508 e. The monoisotopic (exact) mass is 264 g/mol. The minimum absolute atomic E-state index is 0.0146. The molecule has 0 unspecified atom stereocenters. The lowest BCUT2D eigenvalue weighted by atomic mass is 10.3. The average Bonchev–Trinajstić information content (AvgIpc) is 2.44. The zero-order chi connectivity index (χ0) is 13.5. The number of hydrogen-bond acceptors (Lipinski definition) is 4. The third-order valence-corrected chi connectivity index (χ3v) is 2.98. The van der Waals surface area contributed by atoms with Crippen LogP contribution in [0.2, 0.25) is 0 Å². The van der Waals surface area contributed by atoms with Crippen LogP contribution in [0.1, 0.15) is 0 Å². The van der Waals surface area contributed by atoms with E-state index in [1.807, 2.05) is 11.0 Å². The van der Waals surface area contributed by atoms with E-state index in [0.717, 1.165) is 31.9 Å². The number of nitrogens with one attached hydrogen (secondary N) is 3. The van der Waals surface area contributed by atoms with E-state index in [9.17, 15) is 9.90 Å². The topological polar surface area (TPSA) is 76.6 Å². The van der Waals surface area contributed by atoms with Gasteiger partial charge in [0.1, 0.15) is 5.75 Å². The molecular formula is C13H20N4O2. The zero-order valence-electron chi connectivity index (χ0n) is 10.9. The second-order valence-corrected chi connectivity index (χ2v) is 4.45. The van der Waals surface area contributed by atoms with Crippen LogP contribution in [0.25, 0.3) is 0 Å². The highest BCUT2D eigenvalue weighted by atomic mass is 16.3. The fourth-order valence-corrected chi connectivity index (χ4v) is 1.97. The van der Waals surface area contributed by atoms with Crippen LogP contribution in [-0.4, -0.2) is 55.3 Å². The lowest BCUT2D eigenvalue weighted by molar-refractivity contribution is 0.190. The number of carbonyl (C=O) groups is 1. The normalized spacial score (nSPS) is 15.1. The molecule has 1 aromatic rings. The summed E-state index contributed by atoms with van der Waals surface area (Å²) in [5.41, 5.74) is 0.844. The van der Waals surface area contributed by atoms with Gasteiger partial charge in [0.25, 0.3) is 0 Å². The molecule has 0 aromatic heterocycles. The van der Waals surface area contributed by atoms with Crippen molar-refractivity contribution < 1.29 is 9.90 Å². The van der Waals surface area contributed by atoms with Crippen molar-refractivity contribution in [2.75, 3.05) is 44.6 Å². The first-order valence-corrected chi connectivity index (χ1v) is 6.52. The quantitative estimate of drug-likeness (QED) is 0.594. The molecule has 6 heteroatoms. The molecule has 2 rings (SSSR count). The predicted molar refractivity (Wildman–Crippen MR) is 74.4 cm³/mol. The SMILES string of the molecule is O=C(NCCNc1cccc(O)c1)N1CCNCC1. The van der Waals surface area contributed by atoms with Crippen molar-refractivity contribution in [3.05, 3.63) is 24.3 Å². The van der Waals surface area contributed by atoms with Gasteiger partial charge in [0, 0.05) is 51.0 Å².